The van der Waals surface area contributed by atoms with Crippen LogP contribution in [0.25, 0.3) is 0 Å². The zero-order valence-electron chi connectivity index (χ0n) is 3.78. The Bertz CT molecular complexity index is 29.4. The van der Waals surface area contributed by atoms with Crippen LogP contribution in [0.4, 0.5) is 0 Å². The van der Waals surface area contributed by atoms with Gasteiger partial charge in [0.05, 0.1) is 13.2 Å². The third kappa shape index (κ3) is 6.62. The fraction of sp³-hybridized carbons (Fsp3) is 1.00. The van der Waals surface area contributed by atoms with E-state index >= 15 is 0 Å². The van der Waals surface area contributed by atoms with Crippen molar-refractivity contribution in [3.63, 3.8) is 0 Å². The summed E-state index contributed by atoms with van der Waals surface area (Å²) < 4.78 is 0. The van der Waals surface area contributed by atoms with E-state index in [1.807, 2.05) is 0 Å². The Labute approximate surface area is 57.5 Å². The quantitative estimate of drug-likeness (QED) is 0.564. The maximum atomic E-state index is 8.17. The molecule has 0 spiro atoms. The molecule has 4 heteroatoms. The van der Waals surface area contributed by atoms with Gasteiger partial charge in [-0.05, 0) is 0 Å². The first kappa shape index (κ1) is 10.6. The van der Waals surface area contributed by atoms with Gasteiger partial charge in [-0.25, -0.2) is 0 Å². The van der Waals surface area contributed by atoms with E-state index in [0.29, 0.717) is 0 Å². The summed E-state index contributed by atoms with van der Waals surface area (Å²) in [4.78, 5) is 0. The molecule has 0 amide bonds. The smallest absolute Gasteiger partial charge is 0.100 e. The van der Waals surface area contributed by atoms with Crippen LogP contribution in [0.5, 0.6) is 0 Å². The Morgan fingerprint density at radius 1 is 1.14 bits per heavy atom. The molecule has 3 nitrogen and oxygen atoms in total. The van der Waals surface area contributed by atoms with Gasteiger partial charge in [-0.15, -0.1) is 0 Å². The van der Waals surface area contributed by atoms with Gasteiger partial charge < -0.3 is 15.3 Å². The molecule has 0 aliphatic rings. The summed E-state index contributed by atoms with van der Waals surface area (Å²) in [6, 6.07) is 0. The van der Waals surface area contributed by atoms with Gasteiger partial charge in [-0.2, -0.15) is 0 Å². The maximum Gasteiger partial charge on any atom is 0.100 e. The van der Waals surface area contributed by atoms with Gasteiger partial charge in [0.15, 0.2) is 0 Å². The van der Waals surface area contributed by atoms with Crippen molar-refractivity contribution in [1.82, 2.24) is 0 Å². The van der Waals surface area contributed by atoms with Crippen LogP contribution in [-0.4, -0.2) is 34.6 Å². The van der Waals surface area contributed by atoms with E-state index < -0.39 is 6.10 Å². The minimum absolute atomic E-state index is 0. The van der Waals surface area contributed by atoms with Gasteiger partial charge in [0.25, 0.3) is 0 Å². The van der Waals surface area contributed by atoms with Gasteiger partial charge in [0.2, 0.25) is 0 Å². The average Bonchev–Trinajstić information content (AvgIpc) is 1.65. The third-order valence-corrected chi connectivity index (χ3v) is 0.421. The van der Waals surface area contributed by atoms with Crippen LogP contribution in [-0.2, 0) is 22.4 Å². The second-order valence-electron chi connectivity index (χ2n) is 1.02. The molecule has 0 aromatic carbocycles. The number of aliphatic hydroxyl groups excluding tert-OH is 3. The molecule has 0 heterocycles. The van der Waals surface area contributed by atoms with E-state index in [1.165, 1.54) is 0 Å². The standard InChI is InChI=1S/C3H8O3.Ta/c4-1-3(6)2-5;/h3-6H,1-2H2;. The second kappa shape index (κ2) is 6.62. The summed E-state index contributed by atoms with van der Waals surface area (Å²) in [7, 11) is 0. The summed E-state index contributed by atoms with van der Waals surface area (Å²) in [6.45, 7) is -0.729. The number of hydrogen-bond donors (Lipinski definition) is 3. The average molecular weight is 273 g/mol. The van der Waals surface area contributed by atoms with E-state index in [-0.39, 0.29) is 35.6 Å². The van der Waals surface area contributed by atoms with Crippen LogP contribution in [0, 0.1) is 0 Å². The molecule has 0 fully saturated rings. The van der Waals surface area contributed by atoms with Crippen LogP contribution >= 0.6 is 0 Å². The van der Waals surface area contributed by atoms with E-state index in [0.717, 1.165) is 0 Å². The number of hydrogen-bond acceptors (Lipinski definition) is 3. The molecular weight excluding hydrogens is 265 g/mol. The largest absolute Gasteiger partial charge is 0.394 e. The fourth-order valence-electron chi connectivity index (χ4n) is 0.0577. The predicted molar refractivity (Wildman–Crippen MR) is 20.2 cm³/mol. The normalized spacial score (nSPS) is 8.57. The topological polar surface area (TPSA) is 60.7 Å². The number of rotatable bonds is 2. The predicted octanol–water partition coefficient (Wildman–Crippen LogP) is -1.67. The summed E-state index contributed by atoms with van der Waals surface area (Å²) in [5, 5.41) is 24.0. The SMILES string of the molecule is OCC(O)CO.[Ta]. The Kier molecular flexibility index (Phi) is 10.00. The van der Waals surface area contributed by atoms with Gasteiger partial charge in [0.1, 0.15) is 6.10 Å². The minimum Gasteiger partial charge on any atom is -0.394 e. The van der Waals surface area contributed by atoms with Crippen LogP contribution in [0.1, 0.15) is 0 Å². The number of aliphatic hydroxyl groups is 3. The van der Waals surface area contributed by atoms with Crippen molar-refractivity contribution in [3.8, 4) is 0 Å². The van der Waals surface area contributed by atoms with Crippen molar-refractivity contribution in [2.45, 2.75) is 6.10 Å². The molecule has 0 aliphatic heterocycles. The molecule has 43 valence electrons. The Morgan fingerprint density at radius 2 is 1.43 bits per heavy atom. The van der Waals surface area contributed by atoms with Crippen LogP contribution < -0.4 is 0 Å². The van der Waals surface area contributed by atoms with Crippen molar-refractivity contribution >= 4 is 0 Å². The molecule has 0 saturated carbocycles. The molecule has 0 rings (SSSR count). The van der Waals surface area contributed by atoms with Crippen LogP contribution in [0.3, 0.4) is 0 Å². The minimum atomic E-state index is -0.954. The van der Waals surface area contributed by atoms with Crippen molar-refractivity contribution in [2.24, 2.45) is 0 Å². The van der Waals surface area contributed by atoms with Crippen molar-refractivity contribution < 1.29 is 37.7 Å². The molecule has 1 radical (unpaired) electrons. The maximum absolute atomic E-state index is 8.17. The van der Waals surface area contributed by atoms with Crippen molar-refractivity contribution in [2.75, 3.05) is 13.2 Å². The molecule has 0 bridgehead atoms. The van der Waals surface area contributed by atoms with Crippen LogP contribution in [0.2, 0.25) is 0 Å². The van der Waals surface area contributed by atoms with E-state index in [1.54, 1.807) is 0 Å². The zero-order chi connectivity index (χ0) is 4.99. The molecule has 0 aliphatic carbocycles. The molecule has 7 heavy (non-hydrogen) atoms. The Morgan fingerprint density at radius 3 is 1.43 bits per heavy atom. The molecule has 0 atom stereocenters. The molecular formula is C3H8O3Ta. The Balaban J connectivity index is 0. The monoisotopic (exact) mass is 273 g/mol. The molecule has 0 unspecified atom stereocenters. The Hall–Kier alpha value is 0.620. The summed E-state index contributed by atoms with van der Waals surface area (Å²) in [5.41, 5.74) is 0. The molecule has 3 N–H and O–H groups in total. The zero-order valence-corrected chi connectivity index (χ0v) is 6.99. The summed E-state index contributed by atoms with van der Waals surface area (Å²) >= 11 is 0. The summed E-state index contributed by atoms with van der Waals surface area (Å²) in [5.74, 6) is 0. The molecule has 0 aromatic heterocycles. The van der Waals surface area contributed by atoms with Gasteiger partial charge >= 0.3 is 0 Å². The molecule has 0 saturated heterocycles. The first-order valence-electron chi connectivity index (χ1n) is 1.71. The fourth-order valence-corrected chi connectivity index (χ4v) is 0.0577. The molecule has 0 aromatic rings. The first-order valence-corrected chi connectivity index (χ1v) is 1.71. The first-order chi connectivity index (χ1) is 2.81. The van der Waals surface area contributed by atoms with Gasteiger partial charge in [-0.3, -0.25) is 0 Å². The van der Waals surface area contributed by atoms with Gasteiger partial charge in [-0.1, -0.05) is 0 Å². The summed E-state index contributed by atoms with van der Waals surface area (Å²) in [6.07, 6.45) is -0.954. The van der Waals surface area contributed by atoms with E-state index in [9.17, 15) is 0 Å². The van der Waals surface area contributed by atoms with Gasteiger partial charge in [0, 0.05) is 22.4 Å². The second-order valence-corrected chi connectivity index (χ2v) is 1.02. The van der Waals surface area contributed by atoms with Crippen LogP contribution in [0.15, 0.2) is 0 Å². The third-order valence-electron chi connectivity index (χ3n) is 0.421. The van der Waals surface area contributed by atoms with E-state index in [4.69, 9.17) is 15.3 Å². The van der Waals surface area contributed by atoms with E-state index in [2.05, 4.69) is 0 Å². The van der Waals surface area contributed by atoms with Crippen molar-refractivity contribution in [3.05, 3.63) is 0 Å². The van der Waals surface area contributed by atoms with Crippen molar-refractivity contribution in [1.29, 1.82) is 0 Å².